The van der Waals surface area contributed by atoms with Gasteiger partial charge in [-0.25, -0.2) is 4.98 Å². The second-order valence-corrected chi connectivity index (χ2v) is 5.21. The van der Waals surface area contributed by atoms with Crippen LogP contribution in [0.25, 0.3) is 0 Å². The number of aryl methyl sites for hydroxylation is 1. The predicted octanol–water partition coefficient (Wildman–Crippen LogP) is 1.37. The van der Waals surface area contributed by atoms with Gasteiger partial charge in [0.25, 0.3) is 0 Å². The summed E-state index contributed by atoms with van der Waals surface area (Å²) in [5.41, 5.74) is 0.871. The van der Waals surface area contributed by atoms with Gasteiger partial charge in [0.15, 0.2) is 0 Å². The summed E-state index contributed by atoms with van der Waals surface area (Å²) >= 11 is 1.57. The zero-order valence-electron chi connectivity index (χ0n) is 10.4. The summed E-state index contributed by atoms with van der Waals surface area (Å²) in [6.45, 7) is 1.22. The highest BCUT2D eigenvalue weighted by Crippen LogP contribution is 2.22. The molecule has 0 atom stereocenters. The van der Waals surface area contributed by atoms with Crippen LogP contribution in [0.5, 0.6) is 0 Å². The van der Waals surface area contributed by atoms with E-state index in [0.29, 0.717) is 13.0 Å². The van der Waals surface area contributed by atoms with Crippen LogP contribution < -0.4 is 0 Å². The van der Waals surface area contributed by atoms with Gasteiger partial charge in [0.2, 0.25) is 0 Å². The number of carboxylic acids is 1. The molecule has 0 unspecified atom stereocenters. The molecule has 6 heteroatoms. The molecule has 0 spiro atoms. The maximum Gasteiger partial charge on any atom is 0.303 e. The molecule has 0 saturated heterocycles. The van der Waals surface area contributed by atoms with Gasteiger partial charge in [-0.3, -0.25) is 4.79 Å². The molecule has 5 nitrogen and oxygen atoms in total. The molecule has 0 aliphatic rings. The molecule has 0 bridgehead atoms. The van der Waals surface area contributed by atoms with Crippen LogP contribution >= 0.6 is 11.3 Å². The second-order valence-electron chi connectivity index (χ2n) is 4.04. The molecule has 96 valence electrons. The number of ether oxygens (including phenoxy) is 1. The van der Waals surface area contributed by atoms with Gasteiger partial charge < -0.3 is 14.7 Å². The van der Waals surface area contributed by atoms with Crippen molar-refractivity contribution in [2.45, 2.75) is 26.0 Å². The van der Waals surface area contributed by atoms with Crippen molar-refractivity contribution >= 4 is 17.3 Å². The second kappa shape index (κ2) is 6.68. The van der Waals surface area contributed by atoms with Crippen molar-refractivity contribution in [3.8, 4) is 0 Å². The number of aromatic nitrogens is 1. The molecule has 1 aromatic rings. The molecule has 0 aromatic carbocycles. The fraction of sp³-hybridized carbons (Fsp3) is 0.636. The quantitative estimate of drug-likeness (QED) is 0.800. The van der Waals surface area contributed by atoms with Crippen molar-refractivity contribution in [2.24, 2.45) is 0 Å². The zero-order valence-corrected chi connectivity index (χ0v) is 11.2. The van der Waals surface area contributed by atoms with Crippen LogP contribution in [0.4, 0.5) is 0 Å². The minimum absolute atomic E-state index is 0.139. The first-order valence-corrected chi connectivity index (χ1v) is 6.17. The summed E-state index contributed by atoms with van der Waals surface area (Å²) in [4.78, 5) is 18.1. The summed E-state index contributed by atoms with van der Waals surface area (Å²) in [5.74, 6) is -0.782. The van der Waals surface area contributed by atoms with E-state index in [4.69, 9.17) is 9.84 Å². The molecule has 0 aliphatic carbocycles. The van der Waals surface area contributed by atoms with Gasteiger partial charge in [-0.05, 0) is 20.5 Å². The maximum atomic E-state index is 10.6. The van der Waals surface area contributed by atoms with E-state index in [1.54, 1.807) is 18.4 Å². The number of carbonyl (C=O) groups is 1. The van der Waals surface area contributed by atoms with Crippen molar-refractivity contribution in [1.82, 2.24) is 9.88 Å². The Morgan fingerprint density at radius 3 is 2.76 bits per heavy atom. The molecule has 0 saturated carbocycles. The van der Waals surface area contributed by atoms with E-state index in [0.717, 1.165) is 22.1 Å². The third-order valence-electron chi connectivity index (χ3n) is 2.12. The van der Waals surface area contributed by atoms with Crippen LogP contribution in [0.1, 0.15) is 22.0 Å². The molecule has 1 N–H and O–H groups in total. The molecule has 17 heavy (non-hydrogen) atoms. The van der Waals surface area contributed by atoms with Crippen molar-refractivity contribution in [1.29, 1.82) is 0 Å². The highest BCUT2D eigenvalue weighted by atomic mass is 32.1. The van der Waals surface area contributed by atoms with Crippen LogP contribution in [-0.2, 0) is 29.1 Å². The lowest BCUT2D eigenvalue weighted by molar-refractivity contribution is -0.136. The average molecular weight is 258 g/mol. The lowest BCUT2D eigenvalue weighted by Gasteiger charge is -2.04. The SMILES string of the molecule is COCc1nc(CN(C)C)sc1CCC(=O)O. The number of hydrogen-bond acceptors (Lipinski definition) is 5. The number of thiazole rings is 1. The van der Waals surface area contributed by atoms with E-state index < -0.39 is 5.97 Å². The van der Waals surface area contributed by atoms with Gasteiger partial charge in [0.1, 0.15) is 5.01 Å². The first-order chi connectivity index (χ1) is 8.02. The largest absolute Gasteiger partial charge is 0.481 e. The van der Waals surface area contributed by atoms with Crippen molar-refractivity contribution in [3.63, 3.8) is 0 Å². The highest BCUT2D eigenvalue weighted by Gasteiger charge is 2.12. The van der Waals surface area contributed by atoms with Gasteiger partial charge >= 0.3 is 5.97 Å². The summed E-state index contributed by atoms with van der Waals surface area (Å²) in [6.07, 6.45) is 0.666. The van der Waals surface area contributed by atoms with Gasteiger partial charge in [-0.15, -0.1) is 11.3 Å². The van der Waals surface area contributed by atoms with Crippen LogP contribution in [0.3, 0.4) is 0 Å². The summed E-state index contributed by atoms with van der Waals surface area (Å²) in [5, 5.41) is 9.69. The van der Waals surface area contributed by atoms with Gasteiger partial charge in [0.05, 0.1) is 18.7 Å². The van der Waals surface area contributed by atoms with Gasteiger partial charge in [0, 0.05) is 18.5 Å². The van der Waals surface area contributed by atoms with Crippen LogP contribution in [-0.4, -0.2) is 42.2 Å². The summed E-state index contributed by atoms with van der Waals surface area (Å²) in [7, 11) is 5.58. The Hall–Kier alpha value is -0.980. The smallest absolute Gasteiger partial charge is 0.303 e. The normalized spacial score (nSPS) is 11.1. The van der Waals surface area contributed by atoms with E-state index in [1.807, 2.05) is 19.0 Å². The fourth-order valence-electron chi connectivity index (χ4n) is 1.44. The molecule has 1 heterocycles. The van der Waals surface area contributed by atoms with E-state index >= 15 is 0 Å². The Kier molecular flexibility index (Phi) is 5.54. The molecule has 0 amide bonds. The van der Waals surface area contributed by atoms with Gasteiger partial charge in [-0.2, -0.15) is 0 Å². The third-order valence-corrected chi connectivity index (χ3v) is 3.26. The van der Waals surface area contributed by atoms with Crippen LogP contribution in [0, 0.1) is 0 Å². The predicted molar refractivity (Wildman–Crippen MR) is 66.2 cm³/mol. The summed E-state index contributed by atoms with van der Waals surface area (Å²) in [6, 6.07) is 0. The Bertz CT molecular complexity index is 377. The van der Waals surface area contributed by atoms with E-state index in [2.05, 4.69) is 4.98 Å². The molecule has 0 aliphatic heterocycles. The maximum absolute atomic E-state index is 10.6. The fourth-order valence-corrected chi connectivity index (χ4v) is 2.63. The number of hydrogen-bond donors (Lipinski definition) is 1. The monoisotopic (exact) mass is 258 g/mol. The number of aliphatic carboxylic acids is 1. The van der Waals surface area contributed by atoms with E-state index in [1.165, 1.54) is 0 Å². The topological polar surface area (TPSA) is 62.7 Å². The van der Waals surface area contributed by atoms with E-state index in [9.17, 15) is 4.79 Å². The van der Waals surface area contributed by atoms with Crippen molar-refractivity contribution in [3.05, 3.63) is 15.6 Å². The summed E-state index contributed by atoms with van der Waals surface area (Å²) < 4.78 is 5.08. The minimum atomic E-state index is -0.782. The Morgan fingerprint density at radius 1 is 1.53 bits per heavy atom. The number of methoxy groups -OCH3 is 1. The Labute approximate surface area is 105 Å². The average Bonchev–Trinajstić information content (AvgIpc) is 2.57. The highest BCUT2D eigenvalue weighted by molar-refractivity contribution is 7.11. The van der Waals surface area contributed by atoms with Crippen LogP contribution in [0.15, 0.2) is 0 Å². The lowest BCUT2D eigenvalue weighted by Crippen LogP contribution is -2.10. The van der Waals surface area contributed by atoms with Crippen molar-refractivity contribution < 1.29 is 14.6 Å². The first-order valence-electron chi connectivity index (χ1n) is 5.35. The molecule has 1 aromatic heterocycles. The number of nitrogens with zero attached hydrogens (tertiary/aromatic N) is 2. The first kappa shape index (κ1) is 14.1. The zero-order chi connectivity index (χ0) is 12.8. The molecule has 0 fully saturated rings. The standard InChI is InChI=1S/C11H18N2O3S/c1-13(2)6-10-12-8(7-16-3)9(17-10)4-5-11(14)15/h4-7H2,1-3H3,(H,14,15). The van der Waals surface area contributed by atoms with Crippen molar-refractivity contribution in [2.75, 3.05) is 21.2 Å². The molecule has 0 radical (unpaired) electrons. The molecular formula is C11H18N2O3S. The Morgan fingerprint density at radius 2 is 2.24 bits per heavy atom. The Balaban J connectivity index is 2.76. The number of carboxylic acid groups (broad SMARTS) is 1. The number of rotatable bonds is 7. The molecular weight excluding hydrogens is 240 g/mol. The van der Waals surface area contributed by atoms with Crippen LogP contribution in [0.2, 0.25) is 0 Å². The third kappa shape index (κ3) is 4.80. The lowest BCUT2D eigenvalue weighted by atomic mass is 10.2. The molecule has 1 rings (SSSR count). The van der Waals surface area contributed by atoms with Gasteiger partial charge in [-0.1, -0.05) is 0 Å². The minimum Gasteiger partial charge on any atom is -0.481 e. The van der Waals surface area contributed by atoms with E-state index in [-0.39, 0.29) is 6.42 Å².